The second-order valence-corrected chi connectivity index (χ2v) is 14.4. The number of hydrogen-bond donors (Lipinski definition) is 1. The topological polar surface area (TPSA) is 111 Å². The highest BCUT2D eigenvalue weighted by Gasteiger charge is 2.48. The maximum Gasteiger partial charge on any atom is 0.301 e. The van der Waals surface area contributed by atoms with E-state index in [-0.39, 0.29) is 22.3 Å². The van der Waals surface area contributed by atoms with Gasteiger partial charge in [-0.2, -0.15) is 0 Å². The quantitative estimate of drug-likeness (QED) is 0.0281. The van der Waals surface area contributed by atoms with Crippen molar-refractivity contribution in [1.82, 2.24) is 10.2 Å². The number of methoxy groups -OCH3 is 1. The van der Waals surface area contributed by atoms with Gasteiger partial charge in [0.1, 0.15) is 23.9 Å². The highest BCUT2D eigenvalue weighted by molar-refractivity contribution is 8.00. The van der Waals surface area contributed by atoms with Gasteiger partial charge in [0.05, 0.1) is 25.3 Å². The highest BCUT2D eigenvalue weighted by atomic mass is 32.2. The first-order valence-corrected chi connectivity index (χ1v) is 18.7. The average molecular weight is 740 g/mol. The van der Waals surface area contributed by atoms with Crippen LogP contribution in [0.2, 0.25) is 0 Å². The summed E-state index contributed by atoms with van der Waals surface area (Å²) in [5.74, 6) is -0.361. The van der Waals surface area contributed by atoms with Crippen LogP contribution in [0, 0.1) is 12.7 Å². The number of ketones is 1. The van der Waals surface area contributed by atoms with Crippen molar-refractivity contribution in [1.29, 1.82) is 0 Å². The summed E-state index contributed by atoms with van der Waals surface area (Å²) in [6.45, 7) is 5.01. The Kier molecular flexibility index (Phi) is 11.9. The van der Waals surface area contributed by atoms with Gasteiger partial charge < -0.3 is 19.3 Å². The molecular formula is C40H38FN3O6S2. The predicted octanol–water partition coefficient (Wildman–Crippen LogP) is 9.06. The van der Waals surface area contributed by atoms with Gasteiger partial charge in [0.25, 0.3) is 5.78 Å². The number of amides is 1. The molecule has 9 nitrogen and oxygen atoms in total. The number of carbonyl (C=O) groups is 2. The zero-order valence-electron chi connectivity index (χ0n) is 29.0. The molecule has 0 aliphatic carbocycles. The first kappa shape index (κ1) is 36.6. The molecule has 2 heterocycles. The van der Waals surface area contributed by atoms with Crippen molar-refractivity contribution in [2.24, 2.45) is 0 Å². The maximum atomic E-state index is 13.8. The Morgan fingerprint density at radius 1 is 0.923 bits per heavy atom. The molecule has 1 aliphatic heterocycles. The van der Waals surface area contributed by atoms with Gasteiger partial charge in [-0.3, -0.25) is 14.5 Å². The molecule has 5 aromatic rings. The van der Waals surface area contributed by atoms with Crippen molar-refractivity contribution in [3.05, 3.63) is 130 Å². The molecule has 1 atom stereocenters. The summed E-state index contributed by atoms with van der Waals surface area (Å²) < 4.78 is 31.6. The molecule has 52 heavy (non-hydrogen) atoms. The van der Waals surface area contributed by atoms with Crippen LogP contribution in [0.15, 0.2) is 101 Å². The van der Waals surface area contributed by atoms with E-state index >= 15 is 0 Å². The van der Waals surface area contributed by atoms with Gasteiger partial charge in [0, 0.05) is 11.3 Å². The van der Waals surface area contributed by atoms with Crippen LogP contribution in [0.3, 0.4) is 0 Å². The molecule has 1 unspecified atom stereocenters. The first-order valence-electron chi connectivity index (χ1n) is 16.9. The second kappa shape index (κ2) is 16.9. The number of benzene rings is 4. The van der Waals surface area contributed by atoms with E-state index in [0.717, 1.165) is 47.3 Å². The first-order chi connectivity index (χ1) is 25.2. The molecule has 6 rings (SSSR count). The Hall–Kier alpha value is -5.20. The number of aromatic nitrogens is 2. The highest BCUT2D eigenvalue weighted by Crippen LogP contribution is 2.45. The molecule has 0 saturated carbocycles. The minimum Gasteiger partial charge on any atom is -0.507 e. The molecule has 1 N–H and O–H groups in total. The predicted molar refractivity (Wildman–Crippen MR) is 201 cm³/mol. The number of ether oxygens (including phenoxy) is 3. The fourth-order valence-corrected chi connectivity index (χ4v) is 7.59. The number of hydrogen-bond acceptors (Lipinski definition) is 10. The van der Waals surface area contributed by atoms with Crippen LogP contribution in [0.25, 0.3) is 5.76 Å². The molecular weight excluding hydrogens is 702 g/mol. The smallest absolute Gasteiger partial charge is 0.301 e. The standard InChI is InChI=1S/C40H38FN3O6S2/c1-4-5-6-20-49-32-19-14-29(22-33(32)48-3)35-34(36(45)28-12-17-31(18-13-28)50-23-27-9-7-8-25(2)21-27)37(46)38(47)44(35)39-42-43-40(52-39)51-24-26-10-15-30(41)16-11-26/h7-19,21-22,35,45H,4-6,20,23-24H2,1-3H3. The number of Topliss-reactive ketones (excluding diaryl/α,β-unsaturated/α-hetero) is 1. The van der Waals surface area contributed by atoms with Crippen LogP contribution in [0.4, 0.5) is 9.52 Å². The van der Waals surface area contributed by atoms with E-state index in [1.807, 2.05) is 31.2 Å². The lowest BCUT2D eigenvalue weighted by molar-refractivity contribution is -0.132. The number of carbonyl (C=O) groups excluding carboxylic acids is 2. The van der Waals surface area contributed by atoms with Crippen LogP contribution in [0.1, 0.15) is 60.0 Å². The summed E-state index contributed by atoms with van der Waals surface area (Å²) in [6.07, 6.45) is 2.97. The van der Waals surface area contributed by atoms with Gasteiger partial charge in [-0.1, -0.05) is 90.9 Å². The fourth-order valence-electron chi connectivity index (χ4n) is 5.77. The van der Waals surface area contributed by atoms with Gasteiger partial charge in [-0.05, 0) is 78.6 Å². The molecule has 1 fully saturated rings. The number of aliphatic hydroxyl groups excluding tert-OH is 1. The minimum absolute atomic E-state index is 0.104. The van der Waals surface area contributed by atoms with Gasteiger partial charge in [-0.15, -0.1) is 10.2 Å². The Balaban J connectivity index is 1.33. The monoisotopic (exact) mass is 739 g/mol. The van der Waals surface area contributed by atoms with Crippen molar-refractivity contribution < 1.29 is 33.3 Å². The summed E-state index contributed by atoms with van der Waals surface area (Å²) in [6, 6.07) is 25.0. The van der Waals surface area contributed by atoms with E-state index in [2.05, 4.69) is 17.1 Å². The molecule has 12 heteroatoms. The molecule has 1 amide bonds. The number of aryl methyl sites for hydroxylation is 1. The van der Waals surface area contributed by atoms with Crippen LogP contribution in [-0.2, 0) is 21.9 Å². The number of anilines is 1. The molecule has 0 radical (unpaired) electrons. The minimum atomic E-state index is -1.05. The number of halogens is 1. The van der Waals surface area contributed by atoms with E-state index in [9.17, 15) is 19.1 Å². The van der Waals surface area contributed by atoms with E-state index in [1.165, 1.54) is 35.9 Å². The summed E-state index contributed by atoms with van der Waals surface area (Å²) in [4.78, 5) is 28.9. The summed E-state index contributed by atoms with van der Waals surface area (Å²) in [5, 5.41) is 20.5. The van der Waals surface area contributed by atoms with Crippen molar-refractivity contribution >= 4 is 45.7 Å². The van der Waals surface area contributed by atoms with E-state index in [0.29, 0.717) is 51.7 Å². The molecule has 4 aromatic carbocycles. The van der Waals surface area contributed by atoms with Crippen LogP contribution < -0.4 is 19.1 Å². The zero-order chi connectivity index (χ0) is 36.6. The molecule has 1 saturated heterocycles. The molecule has 1 aromatic heterocycles. The second-order valence-electron chi connectivity index (χ2n) is 12.2. The Labute approximate surface area is 310 Å². The molecule has 0 spiro atoms. The third-order valence-electron chi connectivity index (χ3n) is 8.45. The summed E-state index contributed by atoms with van der Waals surface area (Å²) >= 11 is 2.52. The van der Waals surface area contributed by atoms with Crippen molar-refractivity contribution in [3.63, 3.8) is 0 Å². The van der Waals surface area contributed by atoms with Crippen LogP contribution >= 0.6 is 23.1 Å². The number of nitrogens with zero attached hydrogens (tertiary/aromatic N) is 3. The van der Waals surface area contributed by atoms with E-state index in [4.69, 9.17) is 14.2 Å². The third-order valence-corrected chi connectivity index (χ3v) is 10.6. The lowest BCUT2D eigenvalue weighted by atomic mass is 9.95. The molecule has 0 bridgehead atoms. The Morgan fingerprint density at radius 3 is 2.44 bits per heavy atom. The fraction of sp³-hybridized carbons (Fsp3) is 0.250. The number of thioether (sulfide) groups is 1. The van der Waals surface area contributed by atoms with Gasteiger partial charge in [-0.25, -0.2) is 4.39 Å². The number of rotatable bonds is 15. The Morgan fingerprint density at radius 2 is 1.71 bits per heavy atom. The lowest BCUT2D eigenvalue weighted by Crippen LogP contribution is -2.29. The van der Waals surface area contributed by atoms with Crippen molar-refractivity contribution in [2.45, 2.75) is 55.9 Å². The summed E-state index contributed by atoms with van der Waals surface area (Å²) in [5.41, 5.74) is 3.78. The largest absolute Gasteiger partial charge is 0.507 e. The van der Waals surface area contributed by atoms with Gasteiger partial charge >= 0.3 is 5.91 Å². The third kappa shape index (κ3) is 8.46. The van der Waals surface area contributed by atoms with Crippen LogP contribution in [0.5, 0.6) is 17.2 Å². The average Bonchev–Trinajstić information content (AvgIpc) is 3.73. The molecule has 268 valence electrons. The maximum absolute atomic E-state index is 13.8. The van der Waals surface area contributed by atoms with Crippen molar-refractivity contribution in [3.8, 4) is 17.2 Å². The molecule has 1 aliphatic rings. The van der Waals surface area contributed by atoms with Crippen LogP contribution in [-0.4, -0.2) is 40.7 Å². The van der Waals surface area contributed by atoms with Gasteiger partial charge in [0.2, 0.25) is 5.13 Å². The van der Waals surface area contributed by atoms with Gasteiger partial charge in [0.15, 0.2) is 15.8 Å². The normalized spacial score (nSPS) is 15.2. The number of aliphatic hydroxyl groups is 1. The lowest BCUT2D eigenvalue weighted by Gasteiger charge is -2.23. The SMILES string of the molecule is CCCCCOc1ccc(C2C(=C(O)c3ccc(OCc4cccc(C)c4)cc3)C(=O)C(=O)N2c2nnc(SCc3ccc(F)cc3)s2)cc1OC. The summed E-state index contributed by atoms with van der Waals surface area (Å²) in [7, 11) is 1.52. The number of unbranched alkanes of at least 4 members (excludes halogenated alkanes) is 2. The Bertz CT molecular complexity index is 2070. The van der Waals surface area contributed by atoms with E-state index < -0.39 is 17.7 Å². The van der Waals surface area contributed by atoms with Crippen molar-refractivity contribution in [2.75, 3.05) is 18.6 Å². The zero-order valence-corrected chi connectivity index (χ0v) is 30.6. The van der Waals surface area contributed by atoms with E-state index in [1.54, 1.807) is 54.6 Å².